The van der Waals surface area contributed by atoms with Crippen molar-refractivity contribution in [1.82, 2.24) is 9.88 Å². The van der Waals surface area contributed by atoms with Crippen LogP contribution in [0.2, 0.25) is 0 Å². The van der Waals surface area contributed by atoms with Crippen molar-refractivity contribution >= 4 is 27.5 Å². The van der Waals surface area contributed by atoms with E-state index in [2.05, 4.69) is 19.2 Å². The zero-order valence-electron chi connectivity index (χ0n) is 14.4. The second kappa shape index (κ2) is 7.66. The molecule has 2 aromatic heterocycles. The van der Waals surface area contributed by atoms with Crippen LogP contribution in [0.1, 0.15) is 31.9 Å². The van der Waals surface area contributed by atoms with Crippen LogP contribution < -0.4 is 10.7 Å². The number of hydrogen-bond donors (Lipinski definition) is 1. The number of benzene rings is 1. The summed E-state index contributed by atoms with van der Waals surface area (Å²) in [6.07, 6.45) is 2.57. The van der Waals surface area contributed by atoms with E-state index >= 15 is 0 Å². The molecular formula is C20H22N2O2S. The Balaban J connectivity index is 1.78. The van der Waals surface area contributed by atoms with Gasteiger partial charge in [-0.25, -0.2) is 0 Å². The Kier molecular flexibility index (Phi) is 5.34. The fraction of sp³-hybridized carbons (Fsp3) is 0.300. The molecule has 5 heteroatoms. The van der Waals surface area contributed by atoms with Gasteiger partial charge in [-0.1, -0.05) is 44.2 Å². The van der Waals surface area contributed by atoms with Crippen LogP contribution in [0.15, 0.2) is 58.8 Å². The summed E-state index contributed by atoms with van der Waals surface area (Å²) in [6, 6.07) is 13.5. The summed E-state index contributed by atoms with van der Waals surface area (Å²) in [5, 5.41) is 5.03. The Morgan fingerprint density at radius 1 is 1.16 bits per heavy atom. The molecule has 3 rings (SSSR count). The third-order valence-electron chi connectivity index (χ3n) is 4.14. The van der Waals surface area contributed by atoms with Crippen molar-refractivity contribution in [3.05, 3.63) is 69.8 Å². The fourth-order valence-electron chi connectivity index (χ4n) is 2.99. The highest BCUT2D eigenvalue weighted by molar-refractivity contribution is 7.17. The van der Waals surface area contributed by atoms with Gasteiger partial charge in [-0.2, -0.15) is 0 Å². The van der Waals surface area contributed by atoms with Crippen molar-refractivity contribution in [1.29, 1.82) is 0 Å². The van der Waals surface area contributed by atoms with E-state index in [1.54, 1.807) is 6.20 Å². The molecule has 1 N–H and O–H groups in total. The van der Waals surface area contributed by atoms with Gasteiger partial charge in [-0.05, 0) is 29.3 Å². The van der Waals surface area contributed by atoms with Crippen LogP contribution >= 0.6 is 11.3 Å². The van der Waals surface area contributed by atoms with E-state index in [0.717, 1.165) is 17.5 Å². The summed E-state index contributed by atoms with van der Waals surface area (Å²) < 4.78 is 2.53. The van der Waals surface area contributed by atoms with E-state index in [9.17, 15) is 9.59 Å². The maximum absolute atomic E-state index is 12.6. The first-order valence-corrected chi connectivity index (χ1v) is 9.33. The molecule has 0 aliphatic heterocycles. The zero-order chi connectivity index (χ0) is 17.8. The highest BCUT2D eigenvalue weighted by Crippen LogP contribution is 2.21. The summed E-state index contributed by atoms with van der Waals surface area (Å²) >= 11 is 1.41. The number of aromatic nitrogens is 1. The standard InChI is InChI=1S/C20H22N2O2S/c1-14(2)12-16(15-6-4-3-5-7-15)21-19(24)13-22-10-8-18(23)20-17(22)9-11-25-20/h3-11,14,16H,12-13H2,1-2H3,(H,21,24). The number of nitrogens with one attached hydrogen (secondary N) is 1. The average Bonchev–Trinajstić information content (AvgIpc) is 3.08. The summed E-state index contributed by atoms with van der Waals surface area (Å²) in [5.74, 6) is 0.423. The van der Waals surface area contributed by atoms with Crippen LogP contribution in [0, 0.1) is 5.92 Å². The maximum atomic E-state index is 12.6. The SMILES string of the molecule is CC(C)CC(NC(=O)Cn1ccc(=O)c2sccc21)c1ccccc1. The molecule has 3 aromatic rings. The van der Waals surface area contributed by atoms with Gasteiger partial charge in [0.1, 0.15) is 6.54 Å². The summed E-state index contributed by atoms with van der Waals surface area (Å²) in [7, 11) is 0. The topological polar surface area (TPSA) is 51.1 Å². The number of amides is 1. The Bertz CT molecular complexity index is 912. The third kappa shape index (κ3) is 4.17. The number of fused-ring (bicyclic) bond motifs is 1. The van der Waals surface area contributed by atoms with Crippen molar-refractivity contribution in [2.24, 2.45) is 5.92 Å². The van der Waals surface area contributed by atoms with E-state index in [1.807, 2.05) is 46.3 Å². The van der Waals surface area contributed by atoms with Gasteiger partial charge in [0.2, 0.25) is 5.91 Å². The summed E-state index contributed by atoms with van der Waals surface area (Å²) in [4.78, 5) is 24.5. The van der Waals surface area contributed by atoms with Crippen LogP contribution in [0.4, 0.5) is 0 Å². The lowest BCUT2D eigenvalue weighted by atomic mass is 9.97. The van der Waals surface area contributed by atoms with Crippen molar-refractivity contribution < 1.29 is 4.79 Å². The van der Waals surface area contributed by atoms with Gasteiger partial charge >= 0.3 is 0 Å². The lowest BCUT2D eigenvalue weighted by Gasteiger charge is -2.21. The number of hydrogen-bond acceptors (Lipinski definition) is 3. The van der Waals surface area contributed by atoms with Gasteiger partial charge in [0.15, 0.2) is 5.43 Å². The molecule has 0 spiro atoms. The van der Waals surface area contributed by atoms with Gasteiger partial charge in [0.25, 0.3) is 0 Å². The van der Waals surface area contributed by atoms with E-state index in [4.69, 9.17) is 0 Å². The number of rotatable bonds is 6. The second-order valence-electron chi connectivity index (χ2n) is 6.60. The van der Waals surface area contributed by atoms with Crippen LogP contribution in [0.25, 0.3) is 10.2 Å². The molecule has 0 bridgehead atoms. The molecule has 0 saturated heterocycles. The van der Waals surface area contributed by atoms with Crippen molar-refractivity contribution in [3.8, 4) is 0 Å². The molecule has 0 aliphatic rings. The normalized spacial score (nSPS) is 12.4. The van der Waals surface area contributed by atoms with Gasteiger partial charge < -0.3 is 9.88 Å². The van der Waals surface area contributed by atoms with Gasteiger partial charge in [0.05, 0.1) is 16.3 Å². The van der Waals surface area contributed by atoms with Gasteiger partial charge in [-0.3, -0.25) is 9.59 Å². The lowest BCUT2D eigenvalue weighted by molar-refractivity contribution is -0.122. The first-order chi connectivity index (χ1) is 12.0. The van der Waals surface area contributed by atoms with E-state index in [1.165, 1.54) is 17.4 Å². The van der Waals surface area contributed by atoms with Crippen LogP contribution in [-0.2, 0) is 11.3 Å². The molecule has 130 valence electrons. The molecule has 1 amide bonds. The Morgan fingerprint density at radius 3 is 2.64 bits per heavy atom. The molecule has 0 aliphatic carbocycles. The predicted octanol–water partition coefficient (Wildman–Crippen LogP) is 3.97. The van der Waals surface area contributed by atoms with E-state index in [0.29, 0.717) is 10.6 Å². The largest absolute Gasteiger partial charge is 0.348 e. The fourth-order valence-corrected chi connectivity index (χ4v) is 3.82. The smallest absolute Gasteiger partial charge is 0.240 e. The Labute approximate surface area is 151 Å². The Hall–Kier alpha value is -2.40. The summed E-state index contributed by atoms with van der Waals surface area (Å²) in [5.41, 5.74) is 1.93. The van der Waals surface area contributed by atoms with E-state index in [-0.39, 0.29) is 23.9 Å². The van der Waals surface area contributed by atoms with Crippen molar-refractivity contribution in [2.45, 2.75) is 32.9 Å². The number of carbonyl (C=O) groups is 1. The molecule has 2 heterocycles. The second-order valence-corrected chi connectivity index (χ2v) is 7.52. The highest BCUT2D eigenvalue weighted by atomic mass is 32.1. The monoisotopic (exact) mass is 354 g/mol. The predicted molar refractivity (Wildman–Crippen MR) is 103 cm³/mol. The molecule has 25 heavy (non-hydrogen) atoms. The van der Waals surface area contributed by atoms with Gasteiger partial charge in [-0.15, -0.1) is 11.3 Å². The number of pyridine rings is 1. The van der Waals surface area contributed by atoms with Crippen LogP contribution in [0.5, 0.6) is 0 Å². The molecule has 0 saturated carbocycles. The highest BCUT2D eigenvalue weighted by Gasteiger charge is 2.16. The minimum absolute atomic E-state index is 0.00336. The average molecular weight is 354 g/mol. The Morgan fingerprint density at radius 2 is 1.92 bits per heavy atom. The first kappa shape index (κ1) is 17.4. The first-order valence-electron chi connectivity index (χ1n) is 8.45. The third-order valence-corrected chi connectivity index (χ3v) is 5.06. The number of nitrogens with zero attached hydrogens (tertiary/aromatic N) is 1. The molecule has 0 fully saturated rings. The number of thiophene rings is 1. The van der Waals surface area contributed by atoms with E-state index < -0.39 is 0 Å². The van der Waals surface area contributed by atoms with Crippen LogP contribution in [-0.4, -0.2) is 10.5 Å². The minimum atomic E-state index is -0.0503. The molecule has 0 radical (unpaired) electrons. The zero-order valence-corrected chi connectivity index (χ0v) is 15.3. The quantitative estimate of drug-likeness (QED) is 0.728. The molecular weight excluding hydrogens is 332 g/mol. The summed E-state index contributed by atoms with van der Waals surface area (Å²) in [6.45, 7) is 4.51. The van der Waals surface area contributed by atoms with Gasteiger partial charge in [0, 0.05) is 12.3 Å². The molecule has 4 nitrogen and oxygen atoms in total. The molecule has 1 unspecified atom stereocenters. The molecule has 1 atom stereocenters. The van der Waals surface area contributed by atoms with Crippen LogP contribution in [0.3, 0.4) is 0 Å². The minimum Gasteiger partial charge on any atom is -0.348 e. The maximum Gasteiger partial charge on any atom is 0.240 e. The van der Waals surface area contributed by atoms with Crippen molar-refractivity contribution in [3.63, 3.8) is 0 Å². The van der Waals surface area contributed by atoms with Crippen molar-refractivity contribution in [2.75, 3.05) is 0 Å². The molecule has 1 aromatic carbocycles. The number of carbonyl (C=O) groups excluding carboxylic acids is 1. The lowest BCUT2D eigenvalue weighted by Crippen LogP contribution is -2.32.